The molecule has 0 bridgehead atoms. The van der Waals surface area contributed by atoms with Gasteiger partial charge >= 0.3 is 5.97 Å². The Hall–Kier alpha value is -1.42. The molecule has 5 heteroatoms. The van der Waals surface area contributed by atoms with Crippen molar-refractivity contribution in [2.75, 3.05) is 6.61 Å². The lowest BCUT2D eigenvalue weighted by Gasteiger charge is -2.05. The van der Waals surface area contributed by atoms with Crippen molar-refractivity contribution in [3.8, 4) is 0 Å². The summed E-state index contributed by atoms with van der Waals surface area (Å²) in [4.78, 5) is 26.6. The van der Waals surface area contributed by atoms with E-state index in [0.717, 1.165) is 0 Å². The molecular formula is C11H12ClNO3. The molecule has 1 rings (SSSR count). The fourth-order valence-corrected chi connectivity index (χ4v) is 1.31. The van der Waals surface area contributed by atoms with Crippen LogP contribution in [0.25, 0.3) is 0 Å². The summed E-state index contributed by atoms with van der Waals surface area (Å²) < 4.78 is 4.81. The highest BCUT2D eigenvalue weighted by Gasteiger charge is 2.13. The van der Waals surface area contributed by atoms with E-state index in [1.807, 2.05) is 0 Å². The van der Waals surface area contributed by atoms with Gasteiger partial charge in [-0.15, -0.1) is 11.6 Å². The minimum atomic E-state index is -0.544. The summed E-state index contributed by atoms with van der Waals surface area (Å²) in [5.41, 5.74) is 1.01. The number of ketones is 1. The number of carbonyl (C=O) groups is 2. The maximum absolute atomic E-state index is 11.4. The Morgan fingerprint density at radius 2 is 2.00 bits per heavy atom. The van der Waals surface area contributed by atoms with Crippen LogP contribution in [0.2, 0.25) is 0 Å². The van der Waals surface area contributed by atoms with E-state index in [1.165, 1.54) is 13.0 Å². The van der Waals surface area contributed by atoms with E-state index in [4.69, 9.17) is 16.3 Å². The Morgan fingerprint density at radius 3 is 2.50 bits per heavy atom. The van der Waals surface area contributed by atoms with Gasteiger partial charge in [-0.25, -0.2) is 9.78 Å². The highest BCUT2D eigenvalue weighted by Crippen LogP contribution is 2.10. The second-order valence-electron chi connectivity index (χ2n) is 3.16. The third kappa shape index (κ3) is 3.03. The second-order valence-corrected chi connectivity index (χ2v) is 3.42. The van der Waals surface area contributed by atoms with Crippen molar-refractivity contribution in [1.29, 1.82) is 0 Å². The van der Waals surface area contributed by atoms with Crippen LogP contribution in [-0.2, 0) is 10.6 Å². The number of Topliss-reactive ketones (excluding diaryl/α,β-unsaturated/α-hetero) is 1. The lowest BCUT2D eigenvalue weighted by atomic mass is 10.2. The molecule has 0 saturated heterocycles. The maximum atomic E-state index is 11.4. The molecule has 0 aliphatic heterocycles. The van der Waals surface area contributed by atoms with Crippen molar-refractivity contribution in [3.63, 3.8) is 0 Å². The normalized spacial score (nSPS) is 9.94. The van der Waals surface area contributed by atoms with E-state index in [9.17, 15) is 9.59 Å². The molecule has 86 valence electrons. The summed E-state index contributed by atoms with van der Waals surface area (Å²) in [5.74, 6) is -0.538. The van der Waals surface area contributed by atoms with Crippen molar-refractivity contribution in [2.24, 2.45) is 0 Å². The molecule has 0 aliphatic carbocycles. The number of ether oxygens (including phenoxy) is 1. The number of halogens is 1. The predicted molar refractivity (Wildman–Crippen MR) is 59.8 cm³/mol. The fourth-order valence-electron chi connectivity index (χ4n) is 1.15. The van der Waals surface area contributed by atoms with Gasteiger partial charge in [0.1, 0.15) is 11.4 Å². The molecular weight excluding hydrogens is 230 g/mol. The van der Waals surface area contributed by atoms with Gasteiger partial charge in [0.15, 0.2) is 5.78 Å². The molecule has 16 heavy (non-hydrogen) atoms. The van der Waals surface area contributed by atoms with E-state index in [0.29, 0.717) is 5.56 Å². The molecule has 1 heterocycles. The zero-order chi connectivity index (χ0) is 12.1. The summed E-state index contributed by atoms with van der Waals surface area (Å²) in [5, 5.41) is 0. The second kappa shape index (κ2) is 5.61. The lowest BCUT2D eigenvalue weighted by Crippen LogP contribution is -2.10. The van der Waals surface area contributed by atoms with Crippen LogP contribution in [0.4, 0.5) is 0 Å². The van der Waals surface area contributed by atoms with Crippen LogP contribution >= 0.6 is 11.6 Å². The lowest BCUT2D eigenvalue weighted by molar-refractivity contribution is 0.0519. The topological polar surface area (TPSA) is 56.3 Å². The average molecular weight is 242 g/mol. The van der Waals surface area contributed by atoms with Gasteiger partial charge in [0.25, 0.3) is 0 Å². The van der Waals surface area contributed by atoms with Gasteiger partial charge in [0, 0.05) is 12.8 Å². The number of esters is 1. The SMILES string of the molecule is CCOC(=O)c1cc(CCl)cc(C(C)=O)n1. The molecule has 0 amide bonds. The summed E-state index contributed by atoms with van der Waals surface area (Å²) in [7, 11) is 0. The van der Waals surface area contributed by atoms with Crippen LogP contribution in [0.5, 0.6) is 0 Å². The van der Waals surface area contributed by atoms with Crippen LogP contribution in [-0.4, -0.2) is 23.3 Å². The van der Waals surface area contributed by atoms with Crippen molar-refractivity contribution in [2.45, 2.75) is 19.7 Å². The van der Waals surface area contributed by atoms with Gasteiger partial charge < -0.3 is 4.74 Å². The number of aromatic nitrogens is 1. The Morgan fingerprint density at radius 1 is 1.38 bits per heavy atom. The van der Waals surface area contributed by atoms with E-state index in [2.05, 4.69) is 4.98 Å². The Labute approximate surface area is 98.6 Å². The summed E-state index contributed by atoms with van der Waals surface area (Å²) in [6.07, 6.45) is 0. The molecule has 0 unspecified atom stereocenters. The van der Waals surface area contributed by atoms with E-state index in [1.54, 1.807) is 13.0 Å². The molecule has 1 aromatic rings. The van der Waals surface area contributed by atoms with Crippen molar-refractivity contribution < 1.29 is 14.3 Å². The van der Waals surface area contributed by atoms with Crippen LogP contribution in [0.3, 0.4) is 0 Å². The van der Waals surface area contributed by atoms with Crippen LogP contribution in [0.1, 0.15) is 40.4 Å². The first-order valence-electron chi connectivity index (χ1n) is 4.83. The maximum Gasteiger partial charge on any atom is 0.356 e. The number of rotatable bonds is 4. The first-order chi connectivity index (χ1) is 7.58. The average Bonchev–Trinajstić information content (AvgIpc) is 2.28. The van der Waals surface area contributed by atoms with Crippen LogP contribution < -0.4 is 0 Å². The van der Waals surface area contributed by atoms with Crippen LogP contribution in [0.15, 0.2) is 12.1 Å². The molecule has 0 aliphatic rings. The first kappa shape index (κ1) is 12.6. The van der Waals surface area contributed by atoms with Crippen molar-refractivity contribution >= 4 is 23.4 Å². The van der Waals surface area contributed by atoms with Crippen molar-refractivity contribution in [3.05, 3.63) is 29.1 Å². The number of pyridine rings is 1. The standard InChI is InChI=1S/C11H12ClNO3/c1-3-16-11(15)10-5-8(6-12)4-9(13-10)7(2)14/h4-5H,3,6H2,1-2H3. The third-order valence-electron chi connectivity index (χ3n) is 1.88. The molecule has 0 spiro atoms. The number of nitrogens with zero attached hydrogens (tertiary/aromatic N) is 1. The molecule has 0 atom stereocenters. The molecule has 1 aromatic heterocycles. The minimum absolute atomic E-state index is 0.116. The summed E-state index contributed by atoms with van der Waals surface area (Å²) >= 11 is 5.67. The largest absolute Gasteiger partial charge is 0.461 e. The Balaban J connectivity index is 3.13. The van der Waals surface area contributed by atoms with Gasteiger partial charge in [-0.05, 0) is 24.6 Å². The fraction of sp³-hybridized carbons (Fsp3) is 0.364. The van der Waals surface area contributed by atoms with E-state index >= 15 is 0 Å². The number of alkyl halides is 1. The molecule has 0 radical (unpaired) electrons. The van der Waals surface area contributed by atoms with Gasteiger partial charge in [-0.1, -0.05) is 0 Å². The smallest absolute Gasteiger partial charge is 0.356 e. The van der Waals surface area contributed by atoms with Crippen molar-refractivity contribution in [1.82, 2.24) is 4.98 Å². The highest BCUT2D eigenvalue weighted by molar-refractivity contribution is 6.17. The zero-order valence-corrected chi connectivity index (χ0v) is 9.87. The third-order valence-corrected chi connectivity index (χ3v) is 2.19. The number of hydrogen-bond acceptors (Lipinski definition) is 4. The van der Waals surface area contributed by atoms with Gasteiger partial charge in [0.2, 0.25) is 0 Å². The van der Waals surface area contributed by atoms with Gasteiger partial charge in [-0.2, -0.15) is 0 Å². The molecule has 4 nitrogen and oxygen atoms in total. The molecule has 0 fully saturated rings. The van der Waals surface area contributed by atoms with Gasteiger partial charge in [0.05, 0.1) is 6.61 Å². The van der Waals surface area contributed by atoms with Crippen LogP contribution in [0, 0.1) is 0 Å². The summed E-state index contributed by atoms with van der Waals surface area (Å²) in [6.45, 7) is 3.35. The minimum Gasteiger partial charge on any atom is -0.461 e. The number of carbonyl (C=O) groups excluding carboxylic acids is 2. The Kier molecular flexibility index (Phi) is 4.43. The van der Waals surface area contributed by atoms with E-state index in [-0.39, 0.29) is 29.7 Å². The zero-order valence-electron chi connectivity index (χ0n) is 9.12. The molecule has 0 N–H and O–H groups in total. The molecule has 0 aromatic carbocycles. The van der Waals surface area contributed by atoms with E-state index < -0.39 is 5.97 Å². The summed E-state index contributed by atoms with van der Waals surface area (Å²) in [6, 6.07) is 3.09. The molecule has 0 saturated carbocycles. The number of hydrogen-bond donors (Lipinski definition) is 0. The first-order valence-corrected chi connectivity index (χ1v) is 5.37. The Bertz CT molecular complexity index is 418. The highest BCUT2D eigenvalue weighted by atomic mass is 35.5. The van der Waals surface area contributed by atoms with Gasteiger partial charge in [-0.3, -0.25) is 4.79 Å². The monoisotopic (exact) mass is 241 g/mol. The predicted octanol–water partition coefficient (Wildman–Crippen LogP) is 2.20. The quantitative estimate of drug-likeness (QED) is 0.461.